The lowest BCUT2D eigenvalue weighted by molar-refractivity contribution is 1.05. The van der Waals surface area contributed by atoms with Crippen molar-refractivity contribution in [1.82, 2.24) is 19.5 Å². The summed E-state index contributed by atoms with van der Waals surface area (Å²) < 4.78 is 2.16. The van der Waals surface area contributed by atoms with Crippen LogP contribution in [0, 0.1) is 45.3 Å². The Labute approximate surface area is 257 Å². The Balaban J connectivity index is 1.54. The molecule has 0 spiro atoms. The second kappa shape index (κ2) is 10.9. The molecule has 0 saturated carbocycles. The Morgan fingerprint density at radius 3 is 1.42 bits per heavy atom. The summed E-state index contributed by atoms with van der Waals surface area (Å²) in [6.45, 7) is 0. The average Bonchev–Trinajstić information content (AvgIpc) is 3.44. The number of aromatic nitrogens is 4. The van der Waals surface area contributed by atoms with E-state index in [1.165, 1.54) is 12.7 Å². The monoisotopic (exact) mass is 574 g/mol. The van der Waals surface area contributed by atoms with E-state index < -0.39 is 0 Å². The fraction of sp³-hybridized carbons (Fsp3) is 0. The van der Waals surface area contributed by atoms with E-state index in [-0.39, 0.29) is 0 Å². The second-order valence-corrected chi connectivity index (χ2v) is 10.3. The Morgan fingerprint density at radius 1 is 0.489 bits per heavy atom. The summed E-state index contributed by atoms with van der Waals surface area (Å²) in [7, 11) is 0. The highest BCUT2D eigenvalue weighted by molar-refractivity contribution is 6.12. The molecule has 0 amide bonds. The topological polar surface area (TPSA) is 139 Å². The molecule has 0 atom stereocenters. The maximum atomic E-state index is 9.59. The van der Waals surface area contributed by atoms with Crippen LogP contribution in [0.5, 0.6) is 0 Å². The lowest BCUT2D eigenvalue weighted by Crippen LogP contribution is -1.99. The molecule has 5 aromatic carbocycles. The zero-order valence-corrected chi connectivity index (χ0v) is 23.5. The molecule has 0 aliphatic rings. The van der Waals surface area contributed by atoms with Crippen molar-refractivity contribution < 1.29 is 0 Å². The van der Waals surface area contributed by atoms with Crippen molar-refractivity contribution in [2.75, 3.05) is 0 Å². The molecule has 2 heterocycles. The van der Waals surface area contributed by atoms with Gasteiger partial charge < -0.3 is 4.57 Å². The van der Waals surface area contributed by atoms with Crippen LogP contribution in [0.4, 0.5) is 0 Å². The Bertz CT molecular complexity index is 2290. The normalized spacial score (nSPS) is 10.6. The number of fused-ring (bicyclic) bond motifs is 3. The molecule has 206 valence electrons. The fourth-order valence-electron chi connectivity index (χ4n) is 5.72. The molecule has 0 aliphatic carbocycles. The third kappa shape index (κ3) is 4.68. The molecule has 7 aromatic rings. The Kier molecular flexibility index (Phi) is 6.50. The van der Waals surface area contributed by atoms with Crippen molar-refractivity contribution in [3.63, 3.8) is 0 Å². The van der Waals surface area contributed by atoms with E-state index in [1.807, 2.05) is 48.5 Å². The van der Waals surface area contributed by atoms with Gasteiger partial charge in [0.05, 0.1) is 63.3 Å². The molecular weight excluding hydrogens is 556 g/mol. The number of para-hydroxylation sites is 1. The van der Waals surface area contributed by atoms with Crippen LogP contribution in [0.3, 0.4) is 0 Å². The first kappa shape index (κ1) is 26.7. The van der Waals surface area contributed by atoms with Gasteiger partial charge in [0, 0.05) is 16.3 Å². The minimum absolute atomic E-state index is 0.408. The van der Waals surface area contributed by atoms with Crippen LogP contribution < -0.4 is 0 Å². The van der Waals surface area contributed by atoms with Gasteiger partial charge in [0.25, 0.3) is 0 Å². The van der Waals surface area contributed by atoms with Gasteiger partial charge in [-0.15, -0.1) is 0 Å². The summed E-state index contributed by atoms with van der Waals surface area (Å²) in [6.07, 6.45) is 2.94. The standard InChI is InChI=1S/C37H18N8/c38-17-23-9-24(18-39)12-29(11-23)27-5-7-35-32(15-27)33-16-28(30-13-25(19-40)10-26(14-30)20-41)6-8-36(33)45(35)34-4-2-1-3-31(34)37-43-21-42-22-44-37/h1-16,21-22H. The molecule has 45 heavy (non-hydrogen) atoms. The van der Waals surface area contributed by atoms with Gasteiger partial charge in [0.1, 0.15) is 12.7 Å². The van der Waals surface area contributed by atoms with Crippen molar-refractivity contribution in [2.45, 2.75) is 0 Å². The van der Waals surface area contributed by atoms with E-state index >= 15 is 0 Å². The summed E-state index contributed by atoms with van der Waals surface area (Å²) in [6, 6.07) is 38.9. The Morgan fingerprint density at radius 2 is 0.956 bits per heavy atom. The number of benzene rings is 5. The average molecular weight is 575 g/mol. The zero-order valence-electron chi connectivity index (χ0n) is 23.5. The SMILES string of the molecule is N#Cc1cc(C#N)cc(-c2ccc3c(c2)c2cc(-c4cc(C#N)cc(C#N)c4)ccc2n3-c2ccccc2-c2ncncn2)c1. The van der Waals surface area contributed by atoms with E-state index in [9.17, 15) is 21.0 Å². The van der Waals surface area contributed by atoms with Crippen molar-refractivity contribution in [3.05, 3.63) is 132 Å². The largest absolute Gasteiger partial charge is 0.309 e. The molecule has 7 rings (SSSR count). The molecule has 8 nitrogen and oxygen atoms in total. The molecule has 0 saturated heterocycles. The first-order valence-corrected chi connectivity index (χ1v) is 13.8. The van der Waals surface area contributed by atoms with Gasteiger partial charge in [-0.2, -0.15) is 21.0 Å². The van der Waals surface area contributed by atoms with Gasteiger partial charge in [-0.1, -0.05) is 24.3 Å². The maximum absolute atomic E-state index is 9.59. The van der Waals surface area contributed by atoms with Crippen LogP contribution in [0.1, 0.15) is 22.3 Å². The minimum atomic E-state index is 0.408. The van der Waals surface area contributed by atoms with E-state index in [1.54, 1.807) is 36.4 Å². The van der Waals surface area contributed by atoms with Crippen LogP contribution in [0.2, 0.25) is 0 Å². The highest BCUT2D eigenvalue weighted by atomic mass is 15.0. The molecule has 0 bridgehead atoms. The first-order valence-electron chi connectivity index (χ1n) is 13.8. The van der Waals surface area contributed by atoms with Gasteiger partial charge in [-0.05, 0) is 95.1 Å². The van der Waals surface area contributed by atoms with E-state index in [0.29, 0.717) is 28.1 Å². The highest BCUT2D eigenvalue weighted by Gasteiger charge is 2.18. The van der Waals surface area contributed by atoms with Crippen LogP contribution >= 0.6 is 0 Å². The smallest absolute Gasteiger partial charge is 0.164 e. The third-order valence-corrected chi connectivity index (χ3v) is 7.69. The lowest BCUT2D eigenvalue weighted by atomic mass is 9.97. The summed E-state index contributed by atoms with van der Waals surface area (Å²) >= 11 is 0. The molecule has 0 radical (unpaired) electrons. The van der Waals surface area contributed by atoms with Crippen molar-refractivity contribution in [2.24, 2.45) is 0 Å². The molecule has 0 unspecified atom stereocenters. The molecule has 0 aliphatic heterocycles. The summed E-state index contributed by atoms with van der Waals surface area (Å²) in [5.41, 5.74) is 8.40. The Hall–Kier alpha value is -7.13. The number of rotatable bonds is 4. The van der Waals surface area contributed by atoms with Gasteiger partial charge in [-0.3, -0.25) is 0 Å². The van der Waals surface area contributed by atoms with E-state index in [4.69, 9.17) is 0 Å². The number of nitrogens with zero attached hydrogens (tertiary/aromatic N) is 8. The van der Waals surface area contributed by atoms with Gasteiger partial charge in [0.2, 0.25) is 0 Å². The second-order valence-electron chi connectivity index (χ2n) is 10.3. The molecule has 0 fully saturated rings. The molecule has 8 heteroatoms. The minimum Gasteiger partial charge on any atom is -0.309 e. The van der Waals surface area contributed by atoms with Crippen molar-refractivity contribution in [1.29, 1.82) is 21.0 Å². The third-order valence-electron chi connectivity index (χ3n) is 7.69. The van der Waals surface area contributed by atoms with Crippen LogP contribution in [0.15, 0.2) is 110 Å². The van der Waals surface area contributed by atoms with Crippen LogP contribution in [-0.2, 0) is 0 Å². The number of hydrogen-bond donors (Lipinski definition) is 0. The quantitative estimate of drug-likeness (QED) is 0.213. The van der Waals surface area contributed by atoms with Crippen LogP contribution in [-0.4, -0.2) is 19.5 Å². The first-order chi connectivity index (χ1) is 22.1. The van der Waals surface area contributed by atoms with E-state index in [2.05, 4.69) is 55.9 Å². The van der Waals surface area contributed by atoms with Gasteiger partial charge in [0.15, 0.2) is 5.82 Å². The molecule has 2 aromatic heterocycles. The van der Waals surface area contributed by atoms with Crippen molar-refractivity contribution in [3.8, 4) is 63.6 Å². The molecular formula is C37H18N8. The number of hydrogen-bond acceptors (Lipinski definition) is 7. The van der Waals surface area contributed by atoms with Gasteiger partial charge >= 0.3 is 0 Å². The van der Waals surface area contributed by atoms with Crippen LogP contribution in [0.25, 0.3) is 61.1 Å². The maximum Gasteiger partial charge on any atom is 0.164 e. The summed E-state index contributed by atoms with van der Waals surface area (Å²) in [5.74, 6) is 0.540. The lowest BCUT2D eigenvalue weighted by Gasteiger charge is -2.13. The molecule has 0 N–H and O–H groups in total. The number of nitriles is 4. The van der Waals surface area contributed by atoms with E-state index in [0.717, 1.165) is 55.3 Å². The summed E-state index contributed by atoms with van der Waals surface area (Å²) in [4.78, 5) is 12.8. The fourth-order valence-corrected chi connectivity index (χ4v) is 5.72. The summed E-state index contributed by atoms with van der Waals surface area (Å²) in [5, 5.41) is 40.2. The highest BCUT2D eigenvalue weighted by Crippen LogP contribution is 2.39. The predicted octanol–water partition coefficient (Wildman–Crippen LogP) is 7.46. The predicted molar refractivity (Wildman–Crippen MR) is 169 cm³/mol. The zero-order chi connectivity index (χ0) is 30.9. The van der Waals surface area contributed by atoms with Crippen molar-refractivity contribution >= 4 is 21.8 Å². The van der Waals surface area contributed by atoms with Gasteiger partial charge in [-0.25, -0.2) is 15.0 Å².